The standard InChI is InChI=1S/C18H21N3O2/c1-14(9-12-22)20-18(23)8-7-15-13-21(11-4-10-19)17-6-3-2-5-16(15)17/h2-3,5-8,13-14,22H,4,9,11-12H2,1H3,(H,20,23)/b8-7+. The summed E-state index contributed by atoms with van der Waals surface area (Å²) in [6.45, 7) is 2.54. The van der Waals surface area contributed by atoms with Crippen molar-refractivity contribution in [2.75, 3.05) is 6.61 Å². The number of aromatic nitrogens is 1. The number of fused-ring (bicyclic) bond motifs is 1. The summed E-state index contributed by atoms with van der Waals surface area (Å²) in [7, 11) is 0. The van der Waals surface area contributed by atoms with Crippen LogP contribution in [-0.4, -0.2) is 28.2 Å². The van der Waals surface area contributed by atoms with E-state index in [2.05, 4.69) is 11.4 Å². The highest BCUT2D eigenvalue weighted by atomic mass is 16.3. The molecule has 0 bridgehead atoms. The molecule has 0 aliphatic rings. The molecule has 5 nitrogen and oxygen atoms in total. The van der Waals surface area contributed by atoms with Gasteiger partial charge < -0.3 is 15.0 Å². The summed E-state index contributed by atoms with van der Waals surface area (Å²) in [6.07, 6.45) is 6.23. The van der Waals surface area contributed by atoms with Gasteiger partial charge in [-0.2, -0.15) is 5.26 Å². The van der Waals surface area contributed by atoms with Gasteiger partial charge in [0.25, 0.3) is 0 Å². The molecular formula is C18H21N3O2. The van der Waals surface area contributed by atoms with Crippen LogP contribution in [0.15, 0.2) is 36.5 Å². The predicted octanol–water partition coefficient (Wildman–Crippen LogP) is 2.46. The number of nitriles is 1. The Bertz CT molecular complexity index is 740. The Kier molecular flexibility index (Phi) is 5.95. The summed E-state index contributed by atoms with van der Waals surface area (Å²) in [6, 6.07) is 10.0. The molecule has 23 heavy (non-hydrogen) atoms. The van der Waals surface area contributed by atoms with E-state index in [4.69, 9.17) is 10.4 Å². The van der Waals surface area contributed by atoms with Crippen LogP contribution in [-0.2, 0) is 11.3 Å². The number of para-hydroxylation sites is 1. The molecule has 1 aromatic carbocycles. The van der Waals surface area contributed by atoms with Crippen molar-refractivity contribution in [3.63, 3.8) is 0 Å². The average molecular weight is 311 g/mol. The molecule has 0 saturated heterocycles. The lowest BCUT2D eigenvalue weighted by Gasteiger charge is -2.09. The number of nitrogens with zero attached hydrogens (tertiary/aromatic N) is 2. The minimum absolute atomic E-state index is 0.0531. The maximum Gasteiger partial charge on any atom is 0.244 e. The third-order valence-corrected chi connectivity index (χ3v) is 3.65. The van der Waals surface area contributed by atoms with Crippen LogP contribution in [0.2, 0.25) is 0 Å². The van der Waals surface area contributed by atoms with Crippen LogP contribution in [0.5, 0.6) is 0 Å². The van der Waals surface area contributed by atoms with E-state index >= 15 is 0 Å². The smallest absolute Gasteiger partial charge is 0.244 e. The second kappa shape index (κ2) is 8.16. The number of aliphatic hydroxyl groups excluding tert-OH is 1. The molecule has 1 aromatic heterocycles. The van der Waals surface area contributed by atoms with Gasteiger partial charge in [0, 0.05) is 47.9 Å². The van der Waals surface area contributed by atoms with Crippen LogP contribution in [0, 0.1) is 11.3 Å². The van der Waals surface area contributed by atoms with E-state index in [1.165, 1.54) is 6.08 Å². The van der Waals surface area contributed by atoms with E-state index in [9.17, 15) is 4.79 Å². The van der Waals surface area contributed by atoms with Gasteiger partial charge in [0.2, 0.25) is 5.91 Å². The van der Waals surface area contributed by atoms with Gasteiger partial charge in [-0.05, 0) is 25.5 Å². The molecular weight excluding hydrogens is 290 g/mol. The predicted molar refractivity (Wildman–Crippen MR) is 90.5 cm³/mol. The van der Waals surface area contributed by atoms with Crippen molar-refractivity contribution in [2.45, 2.75) is 32.4 Å². The fourth-order valence-electron chi connectivity index (χ4n) is 2.49. The van der Waals surface area contributed by atoms with E-state index in [0.717, 1.165) is 16.5 Å². The lowest BCUT2D eigenvalue weighted by Crippen LogP contribution is -2.31. The SMILES string of the molecule is CC(CCO)NC(=O)/C=C/c1cn(CCC#N)c2ccccc12. The fourth-order valence-corrected chi connectivity index (χ4v) is 2.49. The molecule has 1 heterocycles. The van der Waals surface area contributed by atoms with Crippen molar-refractivity contribution in [1.29, 1.82) is 5.26 Å². The largest absolute Gasteiger partial charge is 0.396 e. The summed E-state index contributed by atoms with van der Waals surface area (Å²) in [5.41, 5.74) is 2.00. The Hall–Kier alpha value is -2.58. The maximum atomic E-state index is 11.9. The Balaban J connectivity index is 2.18. The first-order chi connectivity index (χ1) is 11.2. The maximum absolute atomic E-state index is 11.9. The summed E-state index contributed by atoms with van der Waals surface area (Å²) >= 11 is 0. The van der Waals surface area contributed by atoms with Gasteiger partial charge in [-0.25, -0.2) is 0 Å². The van der Waals surface area contributed by atoms with E-state index in [1.807, 2.05) is 42.0 Å². The highest BCUT2D eigenvalue weighted by Crippen LogP contribution is 2.22. The van der Waals surface area contributed by atoms with Crippen molar-refractivity contribution in [2.24, 2.45) is 0 Å². The number of carbonyl (C=O) groups excluding carboxylic acids is 1. The lowest BCUT2D eigenvalue weighted by atomic mass is 10.1. The van der Waals surface area contributed by atoms with Gasteiger partial charge in [0.1, 0.15) is 0 Å². The van der Waals surface area contributed by atoms with Crippen molar-refractivity contribution in [1.82, 2.24) is 9.88 Å². The number of nitrogens with one attached hydrogen (secondary N) is 1. The van der Waals surface area contributed by atoms with Gasteiger partial charge in [0.15, 0.2) is 0 Å². The summed E-state index contributed by atoms with van der Waals surface area (Å²) in [5, 5.41) is 21.5. The third-order valence-electron chi connectivity index (χ3n) is 3.65. The highest BCUT2D eigenvalue weighted by Gasteiger charge is 2.07. The van der Waals surface area contributed by atoms with Crippen molar-refractivity contribution in [3.8, 4) is 6.07 Å². The number of aliphatic hydroxyl groups is 1. The Morgan fingerprint density at radius 3 is 3.00 bits per heavy atom. The minimum atomic E-state index is -0.181. The molecule has 1 amide bonds. The molecule has 120 valence electrons. The third kappa shape index (κ3) is 4.44. The van der Waals surface area contributed by atoms with Crippen LogP contribution in [0.25, 0.3) is 17.0 Å². The number of amides is 1. The van der Waals surface area contributed by atoms with Crippen LogP contribution in [0.1, 0.15) is 25.3 Å². The summed E-state index contributed by atoms with van der Waals surface area (Å²) in [4.78, 5) is 11.9. The normalized spacial score (nSPS) is 12.4. The topological polar surface area (TPSA) is 78.0 Å². The Morgan fingerprint density at radius 1 is 1.48 bits per heavy atom. The van der Waals surface area contributed by atoms with Gasteiger partial charge >= 0.3 is 0 Å². The molecule has 0 fully saturated rings. The number of aryl methyl sites for hydroxylation is 1. The molecule has 2 N–H and O–H groups in total. The zero-order valence-corrected chi connectivity index (χ0v) is 13.2. The quantitative estimate of drug-likeness (QED) is 0.771. The van der Waals surface area contributed by atoms with E-state index < -0.39 is 0 Å². The molecule has 5 heteroatoms. The van der Waals surface area contributed by atoms with Crippen LogP contribution >= 0.6 is 0 Å². The van der Waals surface area contributed by atoms with Crippen LogP contribution in [0.3, 0.4) is 0 Å². The number of rotatable bonds is 7. The second-order valence-electron chi connectivity index (χ2n) is 5.46. The Morgan fingerprint density at radius 2 is 2.26 bits per heavy atom. The monoisotopic (exact) mass is 311 g/mol. The Labute approximate surface area is 135 Å². The van der Waals surface area contributed by atoms with Crippen LogP contribution < -0.4 is 5.32 Å². The summed E-state index contributed by atoms with van der Waals surface area (Å²) in [5.74, 6) is -0.181. The van der Waals surface area contributed by atoms with Crippen molar-refractivity contribution >= 4 is 22.9 Å². The van der Waals surface area contributed by atoms with Gasteiger partial charge in [-0.15, -0.1) is 0 Å². The molecule has 0 saturated carbocycles. The first-order valence-electron chi connectivity index (χ1n) is 7.70. The molecule has 0 aliphatic heterocycles. The fraction of sp³-hybridized carbons (Fsp3) is 0.333. The zero-order valence-electron chi connectivity index (χ0n) is 13.2. The van der Waals surface area contributed by atoms with E-state index in [-0.39, 0.29) is 18.6 Å². The second-order valence-corrected chi connectivity index (χ2v) is 5.46. The number of carbonyl (C=O) groups is 1. The molecule has 1 unspecified atom stereocenters. The average Bonchev–Trinajstić information content (AvgIpc) is 2.89. The molecule has 1 atom stereocenters. The van der Waals surface area contributed by atoms with Gasteiger partial charge in [-0.3, -0.25) is 4.79 Å². The summed E-state index contributed by atoms with van der Waals surface area (Å²) < 4.78 is 2.03. The van der Waals surface area contributed by atoms with Gasteiger partial charge in [0.05, 0.1) is 12.5 Å². The van der Waals surface area contributed by atoms with E-state index in [0.29, 0.717) is 19.4 Å². The molecule has 2 rings (SSSR count). The van der Waals surface area contributed by atoms with Crippen molar-refractivity contribution < 1.29 is 9.90 Å². The van der Waals surface area contributed by atoms with Gasteiger partial charge in [-0.1, -0.05) is 18.2 Å². The zero-order chi connectivity index (χ0) is 16.7. The lowest BCUT2D eigenvalue weighted by molar-refractivity contribution is -0.117. The number of benzene rings is 1. The molecule has 0 spiro atoms. The first kappa shape index (κ1) is 16.8. The van der Waals surface area contributed by atoms with Crippen LogP contribution in [0.4, 0.5) is 0 Å². The molecule has 0 radical (unpaired) electrons. The highest BCUT2D eigenvalue weighted by molar-refractivity contribution is 5.96. The molecule has 2 aromatic rings. The molecule has 0 aliphatic carbocycles. The van der Waals surface area contributed by atoms with Crippen molar-refractivity contribution in [3.05, 3.63) is 42.1 Å². The number of hydrogen-bond acceptors (Lipinski definition) is 3. The van der Waals surface area contributed by atoms with E-state index in [1.54, 1.807) is 6.08 Å². The first-order valence-corrected chi connectivity index (χ1v) is 7.70. The number of hydrogen-bond donors (Lipinski definition) is 2. The minimum Gasteiger partial charge on any atom is -0.396 e.